The number of para-hydroxylation sites is 1. The van der Waals surface area contributed by atoms with E-state index in [1.54, 1.807) is 30.3 Å². The monoisotopic (exact) mass is 247 g/mol. The molecule has 1 aromatic carbocycles. The molecule has 0 heterocycles. The summed E-state index contributed by atoms with van der Waals surface area (Å²) in [5, 5.41) is 11.2. The molecule has 0 radical (unpaired) electrons. The summed E-state index contributed by atoms with van der Waals surface area (Å²) in [5.41, 5.74) is 0.666. The maximum Gasteiger partial charge on any atom is 0.402 e. The number of halogens is 3. The van der Waals surface area contributed by atoms with Crippen molar-refractivity contribution in [1.82, 2.24) is 0 Å². The molecular formula is C11H12F3NO2. The normalized spacial score (nSPS) is 13.1. The molecular weight excluding hydrogens is 235 g/mol. The van der Waals surface area contributed by atoms with Gasteiger partial charge in [0.25, 0.3) is 0 Å². The predicted molar refractivity (Wildman–Crippen MR) is 56.7 cm³/mol. The van der Waals surface area contributed by atoms with Crippen LogP contribution < -0.4 is 5.32 Å². The molecule has 0 aromatic heterocycles. The van der Waals surface area contributed by atoms with E-state index in [2.05, 4.69) is 5.32 Å². The van der Waals surface area contributed by atoms with E-state index >= 15 is 0 Å². The van der Waals surface area contributed by atoms with Crippen LogP contribution in [0.15, 0.2) is 30.3 Å². The Kier molecular flexibility index (Phi) is 4.37. The number of benzene rings is 1. The molecule has 0 aliphatic carbocycles. The molecule has 1 atom stereocenters. The van der Waals surface area contributed by atoms with Crippen molar-refractivity contribution < 1.29 is 23.1 Å². The summed E-state index contributed by atoms with van der Waals surface area (Å²) in [6.45, 7) is -0.0412. The minimum absolute atomic E-state index is 0.0412. The van der Waals surface area contributed by atoms with E-state index in [-0.39, 0.29) is 6.54 Å². The van der Waals surface area contributed by atoms with Crippen LogP contribution in [0.3, 0.4) is 0 Å². The quantitative estimate of drug-likeness (QED) is 0.841. The number of nitrogens with one attached hydrogen (secondary N) is 1. The number of carboxylic acid groups (broad SMARTS) is 1. The van der Waals surface area contributed by atoms with Gasteiger partial charge in [-0.3, -0.25) is 4.79 Å². The van der Waals surface area contributed by atoms with Crippen LogP contribution in [0.5, 0.6) is 0 Å². The van der Waals surface area contributed by atoms with Gasteiger partial charge in [0.1, 0.15) is 0 Å². The zero-order chi connectivity index (χ0) is 12.9. The van der Waals surface area contributed by atoms with Gasteiger partial charge in [-0.05, 0) is 18.6 Å². The summed E-state index contributed by atoms with van der Waals surface area (Å²) in [6, 6.07) is 8.65. The van der Waals surface area contributed by atoms with Gasteiger partial charge in [-0.2, -0.15) is 13.2 Å². The molecule has 0 saturated carbocycles. The minimum atomic E-state index is -4.70. The minimum Gasteiger partial charge on any atom is -0.481 e. The van der Waals surface area contributed by atoms with Crippen molar-refractivity contribution in [3.8, 4) is 0 Å². The van der Waals surface area contributed by atoms with E-state index in [0.717, 1.165) is 0 Å². The Morgan fingerprint density at radius 2 is 1.88 bits per heavy atom. The van der Waals surface area contributed by atoms with Crippen molar-refractivity contribution in [1.29, 1.82) is 0 Å². The lowest BCUT2D eigenvalue weighted by molar-refractivity contribution is -0.194. The first-order valence-corrected chi connectivity index (χ1v) is 4.99. The average molecular weight is 247 g/mol. The Bertz CT molecular complexity index is 365. The fourth-order valence-corrected chi connectivity index (χ4v) is 1.34. The summed E-state index contributed by atoms with van der Waals surface area (Å²) in [4.78, 5) is 10.4. The van der Waals surface area contributed by atoms with Crippen LogP contribution >= 0.6 is 0 Å². The number of alkyl halides is 3. The predicted octanol–water partition coefficient (Wildman–Crippen LogP) is 2.75. The average Bonchev–Trinajstić information content (AvgIpc) is 2.23. The summed E-state index contributed by atoms with van der Waals surface area (Å²) in [7, 11) is 0. The van der Waals surface area contributed by atoms with Gasteiger partial charge in [0.2, 0.25) is 0 Å². The Morgan fingerprint density at radius 3 is 2.35 bits per heavy atom. The fraction of sp³-hybridized carbons (Fsp3) is 0.364. The molecule has 2 N–H and O–H groups in total. The fourth-order valence-electron chi connectivity index (χ4n) is 1.34. The highest BCUT2D eigenvalue weighted by atomic mass is 19.4. The van der Waals surface area contributed by atoms with Crippen molar-refractivity contribution in [2.75, 3.05) is 11.9 Å². The first kappa shape index (κ1) is 13.3. The van der Waals surface area contributed by atoms with Gasteiger partial charge in [-0.1, -0.05) is 18.2 Å². The molecule has 3 nitrogen and oxygen atoms in total. The molecule has 0 unspecified atom stereocenters. The zero-order valence-corrected chi connectivity index (χ0v) is 8.87. The summed E-state index contributed by atoms with van der Waals surface area (Å²) >= 11 is 0. The molecule has 6 heteroatoms. The molecule has 0 saturated heterocycles. The van der Waals surface area contributed by atoms with E-state index < -0.39 is 24.5 Å². The van der Waals surface area contributed by atoms with Crippen molar-refractivity contribution in [2.24, 2.45) is 5.92 Å². The summed E-state index contributed by atoms with van der Waals surface area (Å²) in [6.07, 6.45) is -5.20. The van der Waals surface area contributed by atoms with Crippen LogP contribution in [-0.4, -0.2) is 23.8 Å². The van der Waals surface area contributed by atoms with Crippen LogP contribution in [0.25, 0.3) is 0 Å². The van der Waals surface area contributed by atoms with E-state index in [4.69, 9.17) is 5.11 Å². The van der Waals surface area contributed by atoms with Crippen LogP contribution in [0, 0.1) is 5.92 Å². The molecule has 1 aromatic rings. The topological polar surface area (TPSA) is 49.3 Å². The van der Waals surface area contributed by atoms with Gasteiger partial charge in [-0.15, -0.1) is 0 Å². The largest absolute Gasteiger partial charge is 0.481 e. The maximum atomic E-state index is 12.3. The number of carbonyl (C=O) groups is 1. The first-order chi connectivity index (χ1) is 7.91. The summed E-state index contributed by atoms with van der Waals surface area (Å²) in [5.74, 6) is -4.16. The summed E-state index contributed by atoms with van der Waals surface area (Å²) < 4.78 is 36.9. The Hall–Kier alpha value is -1.72. The Labute approximate surface area is 96.3 Å². The lowest BCUT2D eigenvalue weighted by Crippen LogP contribution is -2.32. The highest BCUT2D eigenvalue weighted by molar-refractivity contribution is 5.71. The molecule has 0 amide bonds. The number of carboxylic acids is 1. The van der Waals surface area contributed by atoms with Crippen molar-refractivity contribution >= 4 is 11.7 Å². The van der Waals surface area contributed by atoms with E-state index in [9.17, 15) is 18.0 Å². The number of aliphatic carboxylic acids is 1. The van der Waals surface area contributed by atoms with E-state index in [0.29, 0.717) is 5.69 Å². The van der Waals surface area contributed by atoms with Crippen molar-refractivity contribution in [3.63, 3.8) is 0 Å². The lowest BCUT2D eigenvalue weighted by atomic mass is 10.1. The Balaban J connectivity index is 2.46. The maximum absolute atomic E-state index is 12.3. The number of hydrogen-bond acceptors (Lipinski definition) is 2. The smallest absolute Gasteiger partial charge is 0.402 e. The first-order valence-electron chi connectivity index (χ1n) is 4.99. The van der Waals surface area contributed by atoms with Crippen LogP contribution in [0.4, 0.5) is 18.9 Å². The van der Waals surface area contributed by atoms with Gasteiger partial charge in [0.05, 0.1) is 0 Å². The lowest BCUT2D eigenvalue weighted by Gasteiger charge is -2.16. The molecule has 0 bridgehead atoms. The Morgan fingerprint density at radius 1 is 1.29 bits per heavy atom. The highest BCUT2D eigenvalue weighted by Crippen LogP contribution is 2.29. The van der Waals surface area contributed by atoms with E-state index in [1.807, 2.05) is 0 Å². The standard InChI is InChI=1S/C11H12F3NO2/c12-11(13,14)9(10(16)17)6-7-15-8-4-2-1-3-5-8/h1-5,9,15H,6-7H2,(H,16,17)/t9-/m0/s1. The van der Waals surface area contributed by atoms with Gasteiger partial charge in [0, 0.05) is 12.2 Å². The molecule has 1 rings (SSSR count). The van der Waals surface area contributed by atoms with Gasteiger partial charge >= 0.3 is 12.1 Å². The molecule has 0 fully saturated rings. The van der Waals surface area contributed by atoms with Crippen LogP contribution in [-0.2, 0) is 4.79 Å². The third-order valence-electron chi connectivity index (χ3n) is 2.23. The molecule has 0 spiro atoms. The second-order valence-corrected chi connectivity index (χ2v) is 3.51. The highest BCUT2D eigenvalue weighted by Gasteiger charge is 2.44. The third-order valence-corrected chi connectivity index (χ3v) is 2.23. The third kappa shape index (κ3) is 4.34. The van der Waals surface area contributed by atoms with Gasteiger partial charge in [0.15, 0.2) is 5.92 Å². The molecule has 94 valence electrons. The molecule has 17 heavy (non-hydrogen) atoms. The SMILES string of the molecule is O=C(O)[C@H](CCNc1ccccc1)C(F)(F)F. The number of hydrogen-bond donors (Lipinski definition) is 2. The zero-order valence-electron chi connectivity index (χ0n) is 8.87. The number of rotatable bonds is 5. The van der Waals surface area contributed by atoms with Gasteiger partial charge in [-0.25, -0.2) is 0 Å². The van der Waals surface area contributed by atoms with Crippen LogP contribution in [0.2, 0.25) is 0 Å². The van der Waals surface area contributed by atoms with Crippen LogP contribution in [0.1, 0.15) is 6.42 Å². The van der Waals surface area contributed by atoms with Crippen molar-refractivity contribution in [3.05, 3.63) is 30.3 Å². The van der Waals surface area contributed by atoms with E-state index in [1.165, 1.54) is 0 Å². The van der Waals surface area contributed by atoms with Gasteiger partial charge < -0.3 is 10.4 Å². The van der Waals surface area contributed by atoms with Crippen molar-refractivity contribution in [2.45, 2.75) is 12.6 Å². The molecule has 0 aliphatic rings. The molecule has 0 aliphatic heterocycles. The number of anilines is 1. The second kappa shape index (κ2) is 5.56. The second-order valence-electron chi connectivity index (χ2n) is 3.51.